The average molecular weight is 374 g/mol. The van der Waals surface area contributed by atoms with E-state index in [0.29, 0.717) is 17.9 Å². The number of ether oxygens (including phenoxy) is 1. The van der Waals surface area contributed by atoms with Crippen molar-refractivity contribution in [1.82, 2.24) is 10.2 Å². The predicted molar refractivity (Wildman–Crippen MR) is 113 cm³/mol. The minimum absolute atomic E-state index is 0.0664. The van der Waals surface area contributed by atoms with Crippen LogP contribution in [-0.4, -0.2) is 37.6 Å². The zero-order chi connectivity index (χ0) is 19.3. The van der Waals surface area contributed by atoms with Gasteiger partial charge in [0.1, 0.15) is 5.75 Å². The predicted octanol–water partition coefficient (Wildman–Crippen LogP) is 4.42. The number of benzene rings is 3. The highest BCUT2D eigenvalue weighted by atomic mass is 16.5. The molecule has 1 N–H and O–H groups in total. The number of hydrogen-bond donors (Lipinski definition) is 1. The molecule has 1 amide bonds. The third-order valence-corrected chi connectivity index (χ3v) is 5.55. The molecule has 3 aromatic rings. The molecule has 3 aromatic carbocycles. The Bertz CT molecular complexity index is 958. The van der Waals surface area contributed by atoms with Crippen LogP contribution in [-0.2, 0) is 0 Å². The topological polar surface area (TPSA) is 41.6 Å². The maximum atomic E-state index is 12.7. The quantitative estimate of drug-likeness (QED) is 0.695. The van der Waals surface area contributed by atoms with Crippen molar-refractivity contribution in [2.45, 2.75) is 18.9 Å². The van der Waals surface area contributed by atoms with E-state index in [1.807, 2.05) is 18.2 Å². The summed E-state index contributed by atoms with van der Waals surface area (Å²) < 4.78 is 5.24. The molecule has 0 bridgehead atoms. The molecule has 0 aliphatic carbocycles. The van der Waals surface area contributed by atoms with Crippen molar-refractivity contribution in [2.24, 2.45) is 0 Å². The third kappa shape index (κ3) is 3.87. The van der Waals surface area contributed by atoms with Gasteiger partial charge in [-0.3, -0.25) is 9.69 Å². The number of rotatable bonds is 6. The molecule has 1 heterocycles. The van der Waals surface area contributed by atoms with Gasteiger partial charge >= 0.3 is 0 Å². The largest absolute Gasteiger partial charge is 0.497 e. The SMILES string of the molecule is COc1cccc(C(=O)NCC(c2cccc3ccccc23)N2CCCC2)c1. The Morgan fingerprint density at radius 1 is 1.04 bits per heavy atom. The zero-order valence-corrected chi connectivity index (χ0v) is 16.2. The van der Waals surface area contributed by atoms with Crippen molar-refractivity contribution in [3.05, 3.63) is 77.9 Å². The highest BCUT2D eigenvalue weighted by Gasteiger charge is 2.25. The summed E-state index contributed by atoms with van der Waals surface area (Å²) in [6.07, 6.45) is 2.43. The molecule has 1 aliphatic heterocycles. The van der Waals surface area contributed by atoms with Crippen LogP contribution in [0, 0.1) is 0 Å². The van der Waals surface area contributed by atoms with Crippen LogP contribution >= 0.6 is 0 Å². The van der Waals surface area contributed by atoms with Crippen molar-refractivity contribution in [3.8, 4) is 5.75 Å². The normalized spacial score (nSPS) is 15.5. The standard InChI is InChI=1S/C24H26N2O2/c1-28-20-11-6-10-19(16-20)24(27)25-17-23(26-14-4-5-15-26)22-13-7-9-18-8-2-3-12-21(18)22/h2-3,6-13,16,23H,4-5,14-15,17H2,1H3,(H,25,27). The lowest BCUT2D eigenvalue weighted by Gasteiger charge is -2.29. The van der Waals surface area contributed by atoms with Crippen molar-refractivity contribution in [3.63, 3.8) is 0 Å². The van der Waals surface area contributed by atoms with E-state index >= 15 is 0 Å². The third-order valence-electron chi connectivity index (χ3n) is 5.55. The van der Waals surface area contributed by atoms with E-state index in [4.69, 9.17) is 4.74 Å². The summed E-state index contributed by atoms with van der Waals surface area (Å²) in [4.78, 5) is 15.2. The molecule has 1 fully saturated rings. The van der Waals surface area contributed by atoms with Gasteiger partial charge in [0, 0.05) is 12.1 Å². The van der Waals surface area contributed by atoms with Crippen LogP contribution in [0.25, 0.3) is 10.8 Å². The van der Waals surface area contributed by atoms with Crippen LogP contribution < -0.4 is 10.1 Å². The number of fused-ring (bicyclic) bond motifs is 1. The van der Waals surface area contributed by atoms with E-state index in [0.717, 1.165) is 13.1 Å². The summed E-state index contributed by atoms with van der Waals surface area (Å²) in [5.74, 6) is 0.626. The van der Waals surface area contributed by atoms with Crippen LogP contribution in [0.2, 0.25) is 0 Å². The summed E-state index contributed by atoms with van der Waals surface area (Å²) in [5, 5.41) is 5.66. The fourth-order valence-electron chi connectivity index (χ4n) is 4.09. The van der Waals surface area contributed by atoms with Crippen LogP contribution in [0.1, 0.15) is 34.8 Å². The molecule has 1 aliphatic rings. The van der Waals surface area contributed by atoms with E-state index in [1.54, 1.807) is 13.2 Å². The number of carbonyl (C=O) groups excluding carboxylic acids is 1. The fraction of sp³-hybridized carbons (Fsp3) is 0.292. The Kier molecular flexibility index (Phi) is 5.58. The van der Waals surface area contributed by atoms with Crippen LogP contribution in [0.4, 0.5) is 0 Å². The Morgan fingerprint density at radius 3 is 2.61 bits per heavy atom. The molecule has 0 spiro atoms. The van der Waals surface area contributed by atoms with E-state index in [1.165, 1.54) is 29.2 Å². The Morgan fingerprint density at radius 2 is 1.79 bits per heavy atom. The van der Waals surface area contributed by atoms with Crippen molar-refractivity contribution >= 4 is 16.7 Å². The molecule has 0 aromatic heterocycles. The van der Waals surface area contributed by atoms with E-state index in [2.05, 4.69) is 52.7 Å². The smallest absolute Gasteiger partial charge is 0.251 e. The van der Waals surface area contributed by atoms with Crippen molar-refractivity contribution in [1.29, 1.82) is 0 Å². The van der Waals surface area contributed by atoms with E-state index < -0.39 is 0 Å². The van der Waals surface area contributed by atoms with Gasteiger partial charge in [-0.15, -0.1) is 0 Å². The van der Waals surface area contributed by atoms with Gasteiger partial charge in [0.25, 0.3) is 5.91 Å². The lowest BCUT2D eigenvalue weighted by atomic mass is 9.97. The number of amides is 1. The highest BCUT2D eigenvalue weighted by Crippen LogP contribution is 2.30. The first-order chi connectivity index (χ1) is 13.8. The Balaban J connectivity index is 1.59. The molecule has 144 valence electrons. The summed E-state index contributed by atoms with van der Waals surface area (Å²) in [7, 11) is 1.61. The molecule has 0 radical (unpaired) electrons. The lowest BCUT2D eigenvalue weighted by molar-refractivity contribution is 0.0937. The number of hydrogen-bond acceptors (Lipinski definition) is 3. The number of methoxy groups -OCH3 is 1. The van der Waals surface area contributed by atoms with Gasteiger partial charge in [-0.2, -0.15) is 0 Å². The van der Waals surface area contributed by atoms with Gasteiger partial charge in [0.15, 0.2) is 0 Å². The van der Waals surface area contributed by atoms with Crippen molar-refractivity contribution < 1.29 is 9.53 Å². The molecule has 4 nitrogen and oxygen atoms in total. The molecule has 4 rings (SSSR count). The monoisotopic (exact) mass is 374 g/mol. The second kappa shape index (κ2) is 8.44. The average Bonchev–Trinajstić information content (AvgIpc) is 3.28. The summed E-state index contributed by atoms with van der Waals surface area (Å²) >= 11 is 0. The van der Waals surface area contributed by atoms with E-state index in [-0.39, 0.29) is 11.9 Å². The van der Waals surface area contributed by atoms with Gasteiger partial charge in [0.05, 0.1) is 13.2 Å². The second-order valence-corrected chi connectivity index (χ2v) is 7.27. The van der Waals surface area contributed by atoms with Crippen LogP contribution in [0.15, 0.2) is 66.7 Å². The first kappa shape index (κ1) is 18.5. The molecule has 28 heavy (non-hydrogen) atoms. The lowest BCUT2D eigenvalue weighted by Crippen LogP contribution is -2.36. The molecular weight excluding hydrogens is 348 g/mol. The van der Waals surface area contributed by atoms with Crippen LogP contribution in [0.3, 0.4) is 0 Å². The second-order valence-electron chi connectivity index (χ2n) is 7.27. The number of nitrogens with one attached hydrogen (secondary N) is 1. The molecule has 1 atom stereocenters. The first-order valence-electron chi connectivity index (χ1n) is 9.90. The number of carbonyl (C=O) groups is 1. The number of nitrogens with zero attached hydrogens (tertiary/aromatic N) is 1. The summed E-state index contributed by atoms with van der Waals surface area (Å²) in [5.41, 5.74) is 1.91. The maximum absolute atomic E-state index is 12.7. The minimum Gasteiger partial charge on any atom is -0.497 e. The molecule has 1 unspecified atom stereocenters. The van der Waals surface area contributed by atoms with Gasteiger partial charge in [-0.05, 0) is 60.5 Å². The summed E-state index contributed by atoms with van der Waals surface area (Å²) in [6.45, 7) is 2.73. The Hall–Kier alpha value is -2.85. The minimum atomic E-state index is -0.0664. The maximum Gasteiger partial charge on any atom is 0.251 e. The highest BCUT2D eigenvalue weighted by molar-refractivity contribution is 5.94. The fourth-order valence-corrected chi connectivity index (χ4v) is 4.09. The van der Waals surface area contributed by atoms with Gasteiger partial charge in [-0.25, -0.2) is 0 Å². The van der Waals surface area contributed by atoms with E-state index in [9.17, 15) is 4.79 Å². The first-order valence-corrected chi connectivity index (χ1v) is 9.90. The van der Waals surface area contributed by atoms with Gasteiger partial charge < -0.3 is 10.1 Å². The molecule has 1 saturated heterocycles. The molecule has 4 heteroatoms. The van der Waals surface area contributed by atoms with Gasteiger partial charge in [0.2, 0.25) is 0 Å². The zero-order valence-electron chi connectivity index (χ0n) is 16.2. The van der Waals surface area contributed by atoms with Crippen LogP contribution in [0.5, 0.6) is 5.75 Å². The Labute approximate surface area is 166 Å². The molecule has 0 saturated carbocycles. The van der Waals surface area contributed by atoms with Gasteiger partial charge in [-0.1, -0.05) is 48.5 Å². The molecular formula is C24H26N2O2. The van der Waals surface area contributed by atoms with Crippen molar-refractivity contribution in [2.75, 3.05) is 26.7 Å². The summed E-state index contributed by atoms with van der Waals surface area (Å²) in [6, 6.07) is 22.4. The number of likely N-dealkylation sites (tertiary alicyclic amines) is 1.